The molecule has 1 aliphatic heterocycles. The Labute approximate surface area is 163 Å². The Morgan fingerprint density at radius 2 is 1.86 bits per heavy atom. The summed E-state index contributed by atoms with van der Waals surface area (Å²) in [5.74, 6) is 1.96. The van der Waals surface area contributed by atoms with Gasteiger partial charge in [-0.25, -0.2) is 9.98 Å². The van der Waals surface area contributed by atoms with Crippen molar-refractivity contribution in [3.8, 4) is 17.4 Å². The first-order valence-corrected chi connectivity index (χ1v) is 9.88. The fourth-order valence-electron chi connectivity index (χ4n) is 3.99. The summed E-state index contributed by atoms with van der Waals surface area (Å²) in [6.45, 7) is 0. The van der Waals surface area contributed by atoms with Gasteiger partial charge < -0.3 is 14.6 Å². The van der Waals surface area contributed by atoms with E-state index in [0.717, 1.165) is 23.8 Å². The molecular weight excluding hydrogens is 352 g/mol. The maximum Gasteiger partial charge on any atom is 0.219 e. The number of phenols is 1. The summed E-state index contributed by atoms with van der Waals surface area (Å²) in [5.41, 5.74) is 1.45. The molecule has 3 aromatic rings. The maximum absolute atomic E-state index is 10.0. The van der Waals surface area contributed by atoms with Crippen molar-refractivity contribution in [3.05, 3.63) is 60.2 Å². The van der Waals surface area contributed by atoms with Crippen LogP contribution in [0.3, 0.4) is 0 Å². The van der Waals surface area contributed by atoms with Crippen molar-refractivity contribution in [3.63, 3.8) is 0 Å². The standard InChI is InChI=1S/C23H22N2O3/c26-19-10-5-6-15-12-13-21(25-22(15)19)27-17-8-4-7-16(14-17)23-24-18-9-2-1-3-11-20(18)28-23/h4-8,10,12-14,18,20,26H,1-3,9,11H2/t18-,20-/m0/s1. The molecule has 0 unspecified atom stereocenters. The monoisotopic (exact) mass is 374 g/mol. The van der Waals surface area contributed by atoms with Crippen molar-refractivity contribution >= 4 is 16.8 Å². The normalized spacial score (nSPS) is 21.5. The average Bonchev–Trinajstić information content (AvgIpc) is 2.99. The van der Waals surface area contributed by atoms with Crippen LogP contribution < -0.4 is 4.74 Å². The number of aromatic hydroxyl groups is 1. The van der Waals surface area contributed by atoms with Crippen molar-refractivity contribution in [1.82, 2.24) is 4.98 Å². The number of rotatable bonds is 3. The highest BCUT2D eigenvalue weighted by Gasteiger charge is 2.32. The summed E-state index contributed by atoms with van der Waals surface area (Å²) in [6, 6.07) is 17.0. The lowest BCUT2D eigenvalue weighted by Crippen LogP contribution is -2.20. The zero-order chi connectivity index (χ0) is 18.9. The summed E-state index contributed by atoms with van der Waals surface area (Å²) in [6.07, 6.45) is 6.12. The van der Waals surface area contributed by atoms with Crippen LogP contribution in [0, 0.1) is 0 Å². The molecule has 2 atom stereocenters. The number of pyridine rings is 1. The minimum Gasteiger partial charge on any atom is -0.506 e. The van der Waals surface area contributed by atoms with E-state index in [0.29, 0.717) is 23.0 Å². The fourth-order valence-corrected chi connectivity index (χ4v) is 3.99. The molecule has 5 nitrogen and oxygen atoms in total. The molecule has 5 heteroatoms. The van der Waals surface area contributed by atoms with Crippen molar-refractivity contribution in [2.45, 2.75) is 44.2 Å². The number of fused-ring (bicyclic) bond motifs is 2. The Hall–Kier alpha value is -3.08. The third kappa shape index (κ3) is 3.28. The fraction of sp³-hybridized carbons (Fsp3) is 0.304. The number of hydrogen-bond donors (Lipinski definition) is 1. The number of aromatic nitrogens is 1. The SMILES string of the molecule is Oc1cccc2ccc(Oc3cccc(C4=N[C@H]5CCCCC[C@@H]5O4)c3)nc12. The van der Waals surface area contributed by atoms with Crippen LogP contribution in [0.15, 0.2) is 59.6 Å². The van der Waals surface area contributed by atoms with Crippen LogP contribution in [-0.4, -0.2) is 28.1 Å². The minimum atomic E-state index is 0.143. The summed E-state index contributed by atoms with van der Waals surface area (Å²) >= 11 is 0. The number of phenolic OH excluding ortho intramolecular Hbond substituents is 1. The molecule has 0 bridgehead atoms. The smallest absolute Gasteiger partial charge is 0.219 e. The highest BCUT2D eigenvalue weighted by molar-refractivity contribution is 5.95. The summed E-state index contributed by atoms with van der Waals surface area (Å²) < 4.78 is 12.1. The van der Waals surface area contributed by atoms with Gasteiger partial charge in [-0.15, -0.1) is 0 Å². The van der Waals surface area contributed by atoms with E-state index in [4.69, 9.17) is 14.5 Å². The topological polar surface area (TPSA) is 63.9 Å². The molecule has 1 aliphatic carbocycles. The van der Waals surface area contributed by atoms with E-state index in [1.165, 1.54) is 19.3 Å². The lowest BCUT2D eigenvalue weighted by atomic mass is 10.1. The van der Waals surface area contributed by atoms with Gasteiger partial charge >= 0.3 is 0 Å². The number of nitrogens with zero attached hydrogens (tertiary/aromatic N) is 2. The Morgan fingerprint density at radius 3 is 2.82 bits per heavy atom. The molecule has 0 radical (unpaired) electrons. The van der Waals surface area contributed by atoms with Gasteiger partial charge in [-0.2, -0.15) is 0 Å². The van der Waals surface area contributed by atoms with Gasteiger partial charge in [0.05, 0.1) is 6.04 Å². The number of ether oxygens (including phenoxy) is 2. The molecule has 0 spiro atoms. The van der Waals surface area contributed by atoms with Gasteiger partial charge in [0, 0.05) is 17.0 Å². The molecule has 0 saturated heterocycles. The zero-order valence-corrected chi connectivity index (χ0v) is 15.5. The van der Waals surface area contributed by atoms with Gasteiger partial charge in [0.25, 0.3) is 0 Å². The van der Waals surface area contributed by atoms with Gasteiger partial charge in [0.2, 0.25) is 11.8 Å². The number of para-hydroxylation sites is 1. The van der Waals surface area contributed by atoms with Gasteiger partial charge in [0.1, 0.15) is 23.1 Å². The summed E-state index contributed by atoms with van der Waals surface area (Å²) in [5, 5.41) is 10.9. The minimum absolute atomic E-state index is 0.143. The van der Waals surface area contributed by atoms with E-state index in [9.17, 15) is 5.11 Å². The van der Waals surface area contributed by atoms with Crippen LogP contribution in [0.2, 0.25) is 0 Å². The van der Waals surface area contributed by atoms with Crippen molar-refractivity contribution in [2.75, 3.05) is 0 Å². The third-order valence-corrected chi connectivity index (χ3v) is 5.44. The van der Waals surface area contributed by atoms with E-state index in [-0.39, 0.29) is 17.9 Å². The van der Waals surface area contributed by atoms with E-state index >= 15 is 0 Å². The molecule has 28 heavy (non-hydrogen) atoms. The Kier molecular flexibility index (Phi) is 4.35. The third-order valence-electron chi connectivity index (χ3n) is 5.44. The second kappa shape index (κ2) is 7.15. The van der Waals surface area contributed by atoms with E-state index in [2.05, 4.69) is 4.98 Å². The number of hydrogen-bond acceptors (Lipinski definition) is 5. The van der Waals surface area contributed by atoms with Crippen LogP contribution in [-0.2, 0) is 4.74 Å². The first-order chi connectivity index (χ1) is 13.8. The molecule has 5 rings (SSSR count). The Balaban J connectivity index is 1.39. The molecule has 142 valence electrons. The maximum atomic E-state index is 10.0. The molecule has 0 amide bonds. The molecular formula is C23H22N2O3. The van der Waals surface area contributed by atoms with E-state index < -0.39 is 0 Å². The molecule has 1 N–H and O–H groups in total. The predicted octanol–water partition coefficient (Wildman–Crippen LogP) is 5.21. The number of benzene rings is 2. The molecule has 2 aliphatic rings. The highest BCUT2D eigenvalue weighted by atomic mass is 16.5. The van der Waals surface area contributed by atoms with Gasteiger partial charge in [-0.05, 0) is 49.6 Å². The summed E-state index contributed by atoms with van der Waals surface area (Å²) in [4.78, 5) is 9.26. The Bertz CT molecular complexity index is 1050. The first kappa shape index (κ1) is 17.0. The van der Waals surface area contributed by atoms with Gasteiger partial charge in [0.15, 0.2) is 0 Å². The molecule has 1 saturated carbocycles. The molecule has 2 heterocycles. The average molecular weight is 374 g/mol. The van der Waals surface area contributed by atoms with Crippen molar-refractivity contribution in [2.24, 2.45) is 4.99 Å². The largest absolute Gasteiger partial charge is 0.506 e. The van der Waals surface area contributed by atoms with Crippen molar-refractivity contribution < 1.29 is 14.6 Å². The highest BCUT2D eigenvalue weighted by Crippen LogP contribution is 2.31. The van der Waals surface area contributed by atoms with E-state index in [1.807, 2.05) is 36.4 Å². The predicted molar refractivity (Wildman–Crippen MR) is 108 cm³/mol. The van der Waals surface area contributed by atoms with Crippen LogP contribution >= 0.6 is 0 Å². The van der Waals surface area contributed by atoms with Crippen LogP contribution in [0.5, 0.6) is 17.4 Å². The van der Waals surface area contributed by atoms with Gasteiger partial charge in [-0.3, -0.25) is 0 Å². The van der Waals surface area contributed by atoms with Crippen LogP contribution in [0.1, 0.15) is 37.7 Å². The van der Waals surface area contributed by atoms with E-state index in [1.54, 1.807) is 18.2 Å². The second-order valence-corrected chi connectivity index (χ2v) is 7.42. The van der Waals surface area contributed by atoms with Crippen LogP contribution in [0.25, 0.3) is 10.9 Å². The zero-order valence-electron chi connectivity index (χ0n) is 15.5. The number of aliphatic imine (C=N–C) groups is 1. The Morgan fingerprint density at radius 1 is 0.964 bits per heavy atom. The quantitative estimate of drug-likeness (QED) is 0.683. The lowest BCUT2D eigenvalue weighted by molar-refractivity contribution is 0.184. The van der Waals surface area contributed by atoms with Crippen LogP contribution in [0.4, 0.5) is 0 Å². The molecule has 1 fully saturated rings. The molecule has 1 aromatic heterocycles. The molecule has 2 aromatic carbocycles. The lowest BCUT2D eigenvalue weighted by Gasteiger charge is -2.14. The van der Waals surface area contributed by atoms with Crippen molar-refractivity contribution in [1.29, 1.82) is 0 Å². The first-order valence-electron chi connectivity index (χ1n) is 9.88. The summed E-state index contributed by atoms with van der Waals surface area (Å²) in [7, 11) is 0. The second-order valence-electron chi connectivity index (χ2n) is 7.42. The van der Waals surface area contributed by atoms with Gasteiger partial charge in [-0.1, -0.05) is 31.0 Å².